The van der Waals surface area contributed by atoms with Crippen molar-refractivity contribution >= 4 is 11.6 Å². The van der Waals surface area contributed by atoms with Gasteiger partial charge in [0.25, 0.3) is 0 Å². The second-order valence-corrected chi connectivity index (χ2v) is 5.24. The molecule has 19 heavy (non-hydrogen) atoms. The Bertz CT molecular complexity index is 549. The van der Waals surface area contributed by atoms with E-state index in [-0.39, 0.29) is 6.04 Å². The molecule has 0 saturated heterocycles. The fourth-order valence-electron chi connectivity index (χ4n) is 1.97. The van der Waals surface area contributed by atoms with Crippen molar-refractivity contribution in [3.05, 3.63) is 63.9 Å². The topological polar surface area (TPSA) is 38.9 Å². The number of hydrogen-bond donors (Lipinski definition) is 1. The van der Waals surface area contributed by atoms with Gasteiger partial charge in [0.05, 0.1) is 0 Å². The van der Waals surface area contributed by atoms with Gasteiger partial charge in [0, 0.05) is 29.4 Å². The first-order valence-electron chi connectivity index (χ1n) is 6.55. The molecule has 0 aliphatic carbocycles. The minimum absolute atomic E-state index is 0.0712. The predicted molar refractivity (Wildman–Crippen MR) is 80.4 cm³/mol. The average Bonchev–Trinajstić information content (AvgIpc) is 2.42. The summed E-state index contributed by atoms with van der Waals surface area (Å²) in [6.07, 6.45) is 3.65. The second-order valence-electron chi connectivity index (χ2n) is 4.83. The van der Waals surface area contributed by atoms with E-state index in [2.05, 4.69) is 24.0 Å². The Labute approximate surface area is 119 Å². The molecule has 100 valence electrons. The Hall–Kier alpha value is -1.38. The number of halogens is 1. The molecule has 0 aliphatic rings. The molecule has 2 nitrogen and oxygen atoms in total. The van der Waals surface area contributed by atoms with Crippen molar-refractivity contribution in [1.82, 2.24) is 4.98 Å². The van der Waals surface area contributed by atoms with Gasteiger partial charge in [-0.25, -0.2) is 0 Å². The Balaban J connectivity index is 2.10. The summed E-state index contributed by atoms with van der Waals surface area (Å²) in [7, 11) is 0. The molecule has 2 N–H and O–H groups in total. The van der Waals surface area contributed by atoms with E-state index in [1.54, 1.807) is 0 Å². The number of nitrogens with two attached hydrogens (primary N) is 1. The van der Waals surface area contributed by atoms with Crippen LogP contribution in [0.25, 0.3) is 0 Å². The molecule has 3 heteroatoms. The first-order chi connectivity index (χ1) is 9.10. The molecule has 0 aliphatic heterocycles. The van der Waals surface area contributed by atoms with Crippen LogP contribution in [0.3, 0.4) is 0 Å². The summed E-state index contributed by atoms with van der Waals surface area (Å²) in [6.45, 7) is 4.11. The summed E-state index contributed by atoms with van der Waals surface area (Å²) in [5.41, 5.74) is 10.6. The highest BCUT2D eigenvalue weighted by Crippen LogP contribution is 2.22. The largest absolute Gasteiger partial charge is 0.324 e. The maximum atomic E-state index is 6.22. The van der Waals surface area contributed by atoms with Crippen LogP contribution in [0.2, 0.25) is 5.02 Å². The van der Waals surface area contributed by atoms with E-state index in [0.717, 1.165) is 34.7 Å². The quantitative estimate of drug-likeness (QED) is 0.920. The first-order valence-corrected chi connectivity index (χ1v) is 6.93. The molecule has 0 amide bonds. The van der Waals surface area contributed by atoms with Crippen LogP contribution in [0.5, 0.6) is 0 Å². The minimum Gasteiger partial charge on any atom is -0.324 e. The summed E-state index contributed by atoms with van der Waals surface area (Å²) in [4.78, 5) is 4.44. The van der Waals surface area contributed by atoms with Crippen molar-refractivity contribution in [1.29, 1.82) is 0 Å². The van der Waals surface area contributed by atoms with Crippen molar-refractivity contribution in [3.8, 4) is 0 Å². The molecule has 0 spiro atoms. The molecular formula is C16H19ClN2. The summed E-state index contributed by atoms with van der Waals surface area (Å²) >= 11 is 6.13. The van der Waals surface area contributed by atoms with Crippen molar-refractivity contribution in [2.45, 2.75) is 32.7 Å². The fraction of sp³-hybridized carbons (Fsp3) is 0.312. The smallest absolute Gasteiger partial charge is 0.0438 e. The van der Waals surface area contributed by atoms with Crippen molar-refractivity contribution < 1.29 is 0 Å². The van der Waals surface area contributed by atoms with E-state index in [1.165, 1.54) is 5.56 Å². The lowest BCUT2D eigenvalue weighted by Gasteiger charge is -2.13. The van der Waals surface area contributed by atoms with Gasteiger partial charge in [0.2, 0.25) is 0 Å². The van der Waals surface area contributed by atoms with Crippen LogP contribution in [0.15, 0.2) is 36.5 Å². The molecule has 1 unspecified atom stereocenters. The lowest BCUT2D eigenvalue weighted by molar-refractivity contribution is 0.705. The molecule has 0 saturated carbocycles. The normalized spacial score (nSPS) is 12.4. The lowest BCUT2D eigenvalue weighted by Crippen LogP contribution is -2.14. The zero-order valence-corrected chi connectivity index (χ0v) is 12.1. The zero-order chi connectivity index (χ0) is 13.8. The molecule has 0 radical (unpaired) electrons. The predicted octanol–water partition coefficient (Wildman–Crippen LogP) is 3.85. The van der Waals surface area contributed by atoms with Crippen LogP contribution in [-0.4, -0.2) is 4.98 Å². The minimum atomic E-state index is -0.0712. The number of aryl methyl sites for hydroxylation is 2. The van der Waals surface area contributed by atoms with E-state index in [0.29, 0.717) is 0 Å². The van der Waals surface area contributed by atoms with Crippen molar-refractivity contribution in [2.75, 3.05) is 0 Å². The van der Waals surface area contributed by atoms with Crippen LogP contribution in [-0.2, 0) is 12.8 Å². The van der Waals surface area contributed by atoms with E-state index in [4.69, 9.17) is 17.3 Å². The lowest BCUT2D eigenvalue weighted by atomic mass is 10.0. The molecular weight excluding hydrogens is 256 g/mol. The van der Waals surface area contributed by atoms with Crippen LogP contribution in [0.4, 0.5) is 0 Å². The van der Waals surface area contributed by atoms with E-state index < -0.39 is 0 Å². The van der Waals surface area contributed by atoms with Gasteiger partial charge in [-0.15, -0.1) is 0 Å². The molecule has 2 rings (SSSR count). The number of pyridine rings is 1. The first kappa shape index (κ1) is 14.0. The third kappa shape index (κ3) is 3.55. The Morgan fingerprint density at radius 2 is 2.05 bits per heavy atom. The van der Waals surface area contributed by atoms with Gasteiger partial charge in [-0.2, -0.15) is 0 Å². The van der Waals surface area contributed by atoms with Crippen molar-refractivity contribution in [2.24, 2.45) is 5.73 Å². The Morgan fingerprint density at radius 1 is 1.26 bits per heavy atom. The highest BCUT2D eigenvalue weighted by atomic mass is 35.5. The highest BCUT2D eigenvalue weighted by molar-refractivity contribution is 6.31. The van der Waals surface area contributed by atoms with Gasteiger partial charge in [-0.3, -0.25) is 4.98 Å². The SMILES string of the molecule is CCc1ccc(CC(N)c2ccc(C)c(Cl)c2)nc1. The van der Waals surface area contributed by atoms with Crippen LogP contribution >= 0.6 is 11.6 Å². The number of rotatable bonds is 4. The summed E-state index contributed by atoms with van der Waals surface area (Å²) < 4.78 is 0. The monoisotopic (exact) mass is 274 g/mol. The molecule has 2 aromatic rings. The standard InChI is InChI=1S/C16H19ClN2/c1-3-12-5-7-14(19-10-12)9-16(18)13-6-4-11(2)15(17)8-13/h4-8,10,16H,3,9,18H2,1-2H3. The van der Waals surface area contributed by atoms with Gasteiger partial charge in [0.15, 0.2) is 0 Å². The van der Waals surface area contributed by atoms with Crippen molar-refractivity contribution in [3.63, 3.8) is 0 Å². The molecule has 1 aromatic heterocycles. The third-order valence-corrected chi connectivity index (χ3v) is 3.75. The number of nitrogens with zero attached hydrogens (tertiary/aromatic N) is 1. The summed E-state index contributed by atoms with van der Waals surface area (Å²) in [6, 6.07) is 10.1. The van der Waals surface area contributed by atoms with Gasteiger partial charge in [-0.05, 0) is 42.2 Å². The number of aromatic nitrogens is 1. The van der Waals surface area contributed by atoms with E-state index in [1.807, 2.05) is 31.3 Å². The average molecular weight is 275 g/mol. The van der Waals surface area contributed by atoms with E-state index in [9.17, 15) is 0 Å². The Kier molecular flexibility index (Phi) is 4.56. The summed E-state index contributed by atoms with van der Waals surface area (Å²) in [5.74, 6) is 0. The zero-order valence-electron chi connectivity index (χ0n) is 11.4. The van der Waals surface area contributed by atoms with Crippen LogP contribution in [0.1, 0.15) is 35.3 Å². The second kappa shape index (κ2) is 6.18. The molecule has 0 bridgehead atoms. The van der Waals surface area contributed by atoms with E-state index >= 15 is 0 Å². The fourth-order valence-corrected chi connectivity index (χ4v) is 2.16. The molecule has 0 fully saturated rings. The highest BCUT2D eigenvalue weighted by Gasteiger charge is 2.09. The molecule has 1 aromatic carbocycles. The molecule has 1 heterocycles. The van der Waals surface area contributed by atoms with Gasteiger partial charge >= 0.3 is 0 Å². The van der Waals surface area contributed by atoms with Crippen LogP contribution in [0, 0.1) is 6.92 Å². The van der Waals surface area contributed by atoms with Gasteiger partial charge < -0.3 is 5.73 Å². The number of benzene rings is 1. The third-order valence-electron chi connectivity index (χ3n) is 3.35. The maximum absolute atomic E-state index is 6.22. The molecule has 1 atom stereocenters. The Morgan fingerprint density at radius 3 is 2.63 bits per heavy atom. The van der Waals surface area contributed by atoms with Gasteiger partial charge in [0.1, 0.15) is 0 Å². The van der Waals surface area contributed by atoms with Gasteiger partial charge in [-0.1, -0.05) is 36.7 Å². The maximum Gasteiger partial charge on any atom is 0.0438 e. The summed E-state index contributed by atoms with van der Waals surface area (Å²) in [5, 5.41) is 0.766. The number of hydrogen-bond acceptors (Lipinski definition) is 2. The van der Waals surface area contributed by atoms with Crippen LogP contribution < -0.4 is 5.73 Å².